The van der Waals surface area contributed by atoms with Gasteiger partial charge in [0.15, 0.2) is 9.84 Å². The molecule has 3 rings (SSSR count). The molecule has 1 saturated heterocycles. The molecule has 2 aromatic rings. The van der Waals surface area contributed by atoms with Crippen molar-refractivity contribution >= 4 is 28.2 Å². The SMILES string of the molecule is CCC(Cc1ccccc1)S(=O)(=O)c1ccc(OC)c(C(=O)NN2CCCC2)c1.Cl. The lowest BCUT2D eigenvalue weighted by Gasteiger charge is -2.19. The Morgan fingerprint density at radius 1 is 1.13 bits per heavy atom. The summed E-state index contributed by atoms with van der Waals surface area (Å²) in [5.41, 5.74) is 4.06. The van der Waals surface area contributed by atoms with E-state index in [4.69, 9.17) is 4.74 Å². The number of methoxy groups -OCH3 is 1. The van der Waals surface area contributed by atoms with E-state index in [9.17, 15) is 13.2 Å². The summed E-state index contributed by atoms with van der Waals surface area (Å²) in [5, 5.41) is 1.29. The van der Waals surface area contributed by atoms with E-state index >= 15 is 0 Å². The monoisotopic (exact) mass is 452 g/mol. The number of nitrogens with one attached hydrogen (secondary N) is 1. The van der Waals surface area contributed by atoms with Crippen molar-refractivity contribution in [1.82, 2.24) is 10.4 Å². The fourth-order valence-electron chi connectivity index (χ4n) is 3.62. The van der Waals surface area contributed by atoms with Gasteiger partial charge in [-0.25, -0.2) is 13.4 Å². The summed E-state index contributed by atoms with van der Waals surface area (Å²) >= 11 is 0. The fourth-order valence-corrected chi connectivity index (χ4v) is 5.39. The van der Waals surface area contributed by atoms with Crippen LogP contribution in [0.1, 0.15) is 42.1 Å². The number of benzene rings is 2. The Hall–Kier alpha value is -2.09. The summed E-state index contributed by atoms with van der Waals surface area (Å²) in [7, 11) is -2.13. The molecule has 1 heterocycles. The molecule has 0 spiro atoms. The van der Waals surface area contributed by atoms with Crippen LogP contribution in [0.25, 0.3) is 0 Å². The van der Waals surface area contributed by atoms with Gasteiger partial charge in [0, 0.05) is 13.1 Å². The van der Waals surface area contributed by atoms with E-state index < -0.39 is 15.1 Å². The molecule has 1 aliphatic rings. The number of carbonyl (C=O) groups excluding carboxylic acids is 1. The molecule has 1 atom stereocenters. The third kappa shape index (κ3) is 5.53. The molecular formula is C22H29ClN2O4S. The van der Waals surface area contributed by atoms with Gasteiger partial charge in [0.1, 0.15) is 5.75 Å². The van der Waals surface area contributed by atoms with Gasteiger partial charge in [0.05, 0.1) is 22.8 Å². The predicted molar refractivity (Wildman–Crippen MR) is 120 cm³/mol. The maximum absolute atomic E-state index is 13.3. The molecule has 0 aliphatic carbocycles. The highest BCUT2D eigenvalue weighted by molar-refractivity contribution is 7.92. The fraction of sp³-hybridized carbons (Fsp3) is 0.409. The van der Waals surface area contributed by atoms with E-state index in [0.29, 0.717) is 18.6 Å². The summed E-state index contributed by atoms with van der Waals surface area (Å²) in [5.74, 6) is 0.00802. The van der Waals surface area contributed by atoms with E-state index in [2.05, 4.69) is 5.43 Å². The average Bonchev–Trinajstić information content (AvgIpc) is 3.25. The molecule has 0 bridgehead atoms. The first-order valence-corrected chi connectivity index (χ1v) is 11.5. The Morgan fingerprint density at radius 3 is 2.40 bits per heavy atom. The number of rotatable bonds is 8. The third-order valence-corrected chi connectivity index (χ3v) is 7.60. The van der Waals surface area contributed by atoms with Gasteiger partial charge in [-0.15, -0.1) is 12.4 Å². The predicted octanol–water partition coefficient (Wildman–Crippen LogP) is 3.65. The Morgan fingerprint density at radius 2 is 1.80 bits per heavy atom. The van der Waals surface area contributed by atoms with Gasteiger partial charge in [-0.2, -0.15) is 0 Å². The number of hydrogen-bond acceptors (Lipinski definition) is 5. The Balaban J connectivity index is 0.00000320. The molecule has 1 N–H and O–H groups in total. The van der Waals surface area contributed by atoms with E-state index in [0.717, 1.165) is 31.5 Å². The molecule has 0 saturated carbocycles. The third-order valence-electron chi connectivity index (χ3n) is 5.31. The number of ether oxygens (including phenoxy) is 1. The molecule has 8 heteroatoms. The van der Waals surface area contributed by atoms with Crippen LogP contribution in [0, 0.1) is 0 Å². The molecule has 164 valence electrons. The average molecular weight is 453 g/mol. The van der Waals surface area contributed by atoms with Crippen LogP contribution >= 0.6 is 12.4 Å². The van der Waals surface area contributed by atoms with Gasteiger partial charge in [-0.3, -0.25) is 10.2 Å². The van der Waals surface area contributed by atoms with Crippen LogP contribution in [0.4, 0.5) is 0 Å². The lowest BCUT2D eigenvalue weighted by molar-refractivity contribution is 0.0822. The summed E-state index contributed by atoms with van der Waals surface area (Å²) in [6.07, 6.45) is 2.98. The first kappa shape index (κ1) is 24.2. The second kappa shape index (κ2) is 10.8. The number of nitrogens with zero attached hydrogens (tertiary/aromatic N) is 1. The van der Waals surface area contributed by atoms with Crippen LogP contribution in [0.2, 0.25) is 0 Å². The zero-order valence-electron chi connectivity index (χ0n) is 17.3. The smallest absolute Gasteiger partial charge is 0.269 e. The van der Waals surface area contributed by atoms with Crippen LogP contribution in [0.5, 0.6) is 5.75 Å². The van der Waals surface area contributed by atoms with E-state index in [1.54, 1.807) is 6.07 Å². The van der Waals surface area contributed by atoms with Crippen molar-refractivity contribution in [3.63, 3.8) is 0 Å². The summed E-state index contributed by atoms with van der Waals surface area (Å²) in [6.45, 7) is 3.46. The van der Waals surface area contributed by atoms with Crippen molar-refractivity contribution in [2.24, 2.45) is 0 Å². The van der Waals surface area contributed by atoms with Crippen molar-refractivity contribution in [2.75, 3.05) is 20.2 Å². The largest absolute Gasteiger partial charge is 0.496 e. The Kier molecular flexibility index (Phi) is 8.70. The standard InChI is InChI=1S/C22H28N2O4S.ClH/c1-3-18(15-17-9-5-4-6-10-17)29(26,27)19-11-12-21(28-2)20(16-19)22(25)23-24-13-7-8-14-24;/h4-6,9-12,16,18H,3,7-8,13-15H2,1-2H3,(H,23,25);1H. The highest BCUT2D eigenvalue weighted by atomic mass is 35.5. The molecular weight excluding hydrogens is 424 g/mol. The number of amides is 1. The molecule has 1 aliphatic heterocycles. The quantitative estimate of drug-likeness (QED) is 0.661. The van der Waals surface area contributed by atoms with Crippen LogP contribution in [0.3, 0.4) is 0 Å². The second-order valence-electron chi connectivity index (χ2n) is 7.26. The number of sulfone groups is 1. The van der Waals surface area contributed by atoms with Crippen LogP contribution in [-0.4, -0.2) is 44.8 Å². The molecule has 30 heavy (non-hydrogen) atoms. The number of halogens is 1. The number of carbonyl (C=O) groups is 1. The molecule has 6 nitrogen and oxygen atoms in total. The molecule has 0 radical (unpaired) electrons. The van der Waals surface area contributed by atoms with Gasteiger partial charge < -0.3 is 4.74 Å². The summed E-state index contributed by atoms with van der Waals surface area (Å²) < 4.78 is 31.9. The van der Waals surface area contributed by atoms with Crippen LogP contribution < -0.4 is 10.2 Å². The molecule has 1 amide bonds. The van der Waals surface area contributed by atoms with Crippen molar-refractivity contribution < 1.29 is 17.9 Å². The number of hydrazine groups is 1. The van der Waals surface area contributed by atoms with Crippen LogP contribution in [0.15, 0.2) is 53.4 Å². The van der Waals surface area contributed by atoms with Gasteiger partial charge in [0.2, 0.25) is 0 Å². The van der Waals surface area contributed by atoms with Crippen molar-refractivity contribution in [1.29, 1.82) is 0 Å². The van der Waals surface area contributed by atoms with E-state index in [1.165, 1.54) is 19.2 Å². The lowest BCUT2D eigenvalue weighted by atomic mass is 10.1. The topological polar surface area (TPSA) is 75.7 Å². The first-order chi connectivity index (χ1) is 14.0. The minimum atomic E-state index is -3.61. The Bertz CT molecular complexity index is 945. The van der Waals surface area contributed by atoms with E-state index in [-0.39, 0.29) is 28.8 Å². The molecule has 1 unspecified atom stereocenters. The highest BCUT2D eigenvalue weighted by Crippen LogP contribution is 2.27. The lowest BCUT2D eigenvalue weighted by Crippen LogP contribution is -2.40. The highest BCUT2D eigenvalue weighted by Gasteiger charge is 2.28. The Labute approximate surface area is 184 Å². The second-order valence-corrected chi connectivity index (χ2v) is 9.49. The van der Waals surface area contributed by atoms with Crippen molar-refractivity contribution in [2.45, 2.75) is 42.8 Å². The minimum Gasteiger partial charge on any atom is -0.496 e. The van der Waals surface area contributed by atoms with Gasteiger partial charge in [-0.05, 0) is 49.4 Å². The van der Waals surface area contributed by atoms with Crippen molar-refractivity contribution in [3.05, 3.63) is 59.7 Å². The van der Waals surface area contributed by atoms with Gasteiger partial charge in [0.25, 0.3) is 5.91 Å². The normalized spacial score (nSPS) is 15.3. The van der Waals surface area contributed by atoms with Crippen molar-refractivity contribution in [3.8, 4) is 5.75 Å². The maximum atomic E-state index is 13.3. The zero-order valence-corrected chi connectivity index (χ0v) is 19.0. The molecule has 2 aromatic carbocycles. The van der Waals surface area contributed by atoms with Crippen LogP contribution in [-0.2, 0) is 16.3 Å². The molecule has 0 aromatic heterocycles. The molecule has 1 fully saturated rings. The first-order valence-electron chi connectivity index (χ1n) is 9.97. The van der Waals surface area contributed by atoms with E-state index in [1.807, 2.05) is 42.3 Å². The zero-order chi connectivity index (χ0) is 20.9. The summed E-state index contributed by atoms with van der Waals surface area (Å²) in [4.78, 5) is 12.9. The summed E-state index contributed by atoms with van der Waals surface area (Å²) in [6, 6.07) is 14.1. The van der Waals surface area contributed by atoms with Gasteiger partial charge >= 0.3 is 0 Å². The maximum Gasteiger partial charge on any atom is 0.269 e. The van der Waals surface area contributed by atoms with Gasteiger partial charge in [-0.1, -0.05) is 37.3 Å². The minimum absolute atomic E-state index is 0. The number of hydrogen-bond donors (Lipinski definition) is 1.